The van der Waals surface area contributed by atoms with Crippen LogP contribution in [-0.4, -0.2) is 6.29 Å². The molecule has 0 aliphatic carbocycles. The Labute approximate surface area is 119 Å². The standard InChI is InChI=1S/C18H18O2/c1-14-12-17(16-10-6-3-7-11-16)20-18(14)19-13-15-8-4-2-5-9-15/h2-12,17-18H,13H2,1H3/t17-,18-/m1/s1. The second kappa shape index (κ2) is 6.04. The SMILES string of the molecule is CC1=C[C@H](c2ccccc2)O[C@H]1OCc1ccccc1. The largest absolute Gasteiger partial charge is 0.344 e. The maximum Gasteiger partial charge on any atom is 0.181 e. The predicted molar refractivity (Wildman–Crippen MR) is 79.0 cm³/mol. The van der Waals surface area contributed by atoms with Crippen LogP contribution in [0.5, 0.6) is 0 Å². The highest BCUT2D eigenvalue weighted by Crippen LogP contribution is 2.31. The maximum atomic E-state index is 5.97. The molecule has 0 fully saturated rings. The van der Waals surface area contributed by atoms with E-state index < -0.39 is 0 Å². The molecule has 2 aromatic carbocycles. The van der Waals surface area contributed by atoms with Crippen molar-refractivity contribution >= 4 is 0 Å². The third kappa shape index (κ3) is 2.98. The van der Waals surface area contributed by atoms with Gasteiger partial charge in [-0.3, -0.25) is 0 Å². The maximum absolute atomic E-state index is 5.97. The second-order valence-corrected chi connectivity index (χ2v) is 5.01. The van der Waals surface area contributed by atoms with Crippen LogP contribution in [0.2, 0.25) is 0 Å². The van der Waals surface area contributed by atoms with Gasteiger partial charge < -0.3 is 9.47 Å². The first-order valence-electron chi connectivity index (χ1n) is 6.87. The molecular formula is C18H18O2. The molecule has 0 amide bonds. The molecule has 2 heteroatoms. The summed E-state index contributed by atoms with van der Waals surface area (Å²) < 4.78 is 11.8. The van der Waals surface area contributed by atoms with E-state index in [2.05, 4.69) is 37.3 Å². The average Bonchev–Trinajstić information content (AvgIpc) is 2.88. The van der Waals surface area contributed by atoms with E-state index in [9.17, 15) is 0 Å². The molecule has 2 aromatic rings. The molecule has 0 N–H and O–H groups in total. The fourth-order valence-corrected chi connectivity index (χ4v) is 2.33. The van der Waals surface area contributed by atoms with Gasteiger partial charge in [-0.05, 0) is 29.7 Å². The Hall–Kier alpha value is -1.90. The molecule has 1 heterocycles. The highest BCUT2D eigenvalue weighted by molar-refractivity contribution is 5.26. The number of ether oxygens (including phenoxy) is 2. The number of hydrogen-bond acceptors (Lipinski definition) is 2. The van der Waals surface area contributed by atoms with Crippen molar-refractivity contribution in [2.45, 2.75) is 25.9 Å². The van der Waals surface area contributed by atoms with Crippen molar-refractivity contribution in [1.82, 2.24) is 0 Å². The van der Waals surface area contributed by atoms with Crippen molar-refractivity contribution in [3.8, 4) is 0 Å². The molecule has 2 nitrogen and oxygen atoms in total. The molecule has 3 rings (SSSR count). The minimum absolute atomic E-state index is 0.00280. The zero-order valence-corrected chi connectivity index (χ0v) is 11.5. The quantitative estimate of drug-likeness (QED) is 0.770. The van der Waals surface area contributed by atoms with Crippen LogP contribution in [0.4, 0.5) is 0 Å². The number of hydrogen-bond donors (Lipinski definition) is 0. The minimum Gasteiger partial charge on any atom is -0.344 e. The summed E-state index contributed by atoms with van der Waals surface area (Å²) in [6.07, 6.45) is 1.88. The zero-order chi connectivity index (χ0) is 13.8. The molecule has 0 bridgehead atoms. The Morgan fingerprint density at radius 2 is 1.60 bits per heavy atom. The minimum atomic E-state index is -0.250. The van der Waals surface area contributed by atoms with E-state index in [1.807, 2.05) is 36.4 Å². The molecule has 102 valence electrons. The van der Waals surface area contributed by atoms with Crippen molar-refractivity contribution in [2.24, 2.45) is 0 Å². The Morgan fingerprint density at radius 1 is 0.950 bits per heavy atom. The molecule has 0 radical (unpaired) electrons. The van der Waals surface area contributed by atoms with Crippen molar-refractivity contribution in [3.05, 3.63) is 83.4 Å². The van der Waals surface area contributed by atoms with Gasteiger partial charge in [0.15, 0.2) is 6.29 Å². The van der Waals surface area contributed by atoms with Crippen LogP contribution in [0.1, 0.15) is 24.2 Å². The second-order valence-electron chi connectivity index (χ2n) is 5.01. The number of rotatable bonds is 4. The average molecular weight is 266 g/mol. The third-order valence-corrected chi connectivity index (χ3v) is 3.43. The zero-order valence-electron chi connectivity index (χ0n) is 11.5. The van der Waals surface area contributed by atoms with Gasteiger partial charge in [-0.2, -0.15) is 0 Å². The van der Waals surface area contributed by atoms with E-state index in [1.165, 1.54) is 0 Å². The van der Waals surface area contributed by atoms with Crippen LogP contribution >= 0.6 is 0 Å². The predicted octanol–water partition coefficient (Wildman–Crippen LogP) is 4.25. The van der Waals surface area contributed by atoms with Crippen LogP contribution in [0.15, 0.2) is 72.3 Å². The first-order chi connectivity index (χ1) is 9.83. The highest BCUT2D eigenvalue weighted by Gasteiger charge is 2.25. The lowest BCUT2D eigenvalue weighted by molar-refractivity contribution is -0.131. The van der Waals surface area contributed by atoms with E-state index in [0.717, 1.165) is 16.7 Å². The van der Waals surface area contributed by atoms with E-state index >= 15 is 0 Å². The van der Waals surface area contributed by atoms with Crippen molar-refractivity contribution in [3.63, 3.8) is 0 Å². The summed E-state index contributed by atoms with van der Waals surface area (Å²) in [6.45, 7) is 2.62. The topological polar surface area (TPSA) is 18.5 Å². The molecule has 0 saturated carbocycles. The number of benzene rings is 2. The van der Waals surface area contributed by atoms with E-state index in [4.69, 9.17) is 9.47 Å². The smallest absolute Gasteiger partial charge is 0.181 e. The van der Waals surface area contributed by atoms with Gasteiger partial charge in [0.05, 0.1) is 6.61 Å². The van der Waals surface area contributed by atoms with E-state index in [-0.39, 0.29) is 12.4 Å². The van der Waals surface area contributed by atoms with Crippen LogP contribution in [0.3, 0.4) is 0 Å². The van der Waals surface area contributed by atoms with Crippen molar-refractivity contribution in [2.75, 3.05) is 0 Å². The first kappa shape index (κ1) is 13.1. The van der Waals surface area contributed by atoms with Crippen molar-refractivity contribution < 1.29 is 9.47 Å². The summed E-state index contributed by atoms with van der Waals surface area (Å²) in [7, 11) is 0. The molecular weight excluding hydrogens is 248 g/mol. The van der Waals surface area contributed by atoms with Gasteiger partial charge in [0, 0.05) is 0 Å². The molecule has 0 aromatic heterocycles. The summed E-state index contributed by atoms with van der Waals surface area (Å²) in [6, 6.07) is 20.4. The summed E-state index contributed by atoms with van der Waals surface area (Å²) in [4.78, 5) is 0. The Kier molecular flexibility index (Phi) is 3.95. The van der Waals surface area contributed by atoms with Crippen molar-refractivity contribution in [1.29, 1.82) is 0 Å². The lowest BCUT2D eigenvalue weighted by atomic mass is 10.1. The summed E-state index contributed by atoms with van der Waals surface area (Å²) in [5.74, 6) is 0. The first-order valence-corrected chi connectivity index (χ1v) is 6.87. The van der Waals surface area contributed by atoms with Gasteiger partial charge in [-0.25, -0.2) is 0 Å². The molecule has 1 aliphatic heterocycles. The van der Waals surface area contributed by atoms with Gasteiger partial charge in [0.25, 0.3) is 0 Å². The van der Waals surface area contributed by atoms with Crippen LogP contribution < -0.4 is 0 Å². The Bertz CT molecular complexity index is 575. The monoisotopic (exact) mass is 266 g/mol. The summed E-state index contributed by atoms with van der Waals surface area (Å²) in [5.41, 5.74) is 3.46. The fourth-order valence-electron chi connectivity index (χ4n) is 2.33. The Balaban J connectivity index is 1.62. The van der Waals surface area contributed by atoms with Gasteiger partial charge in [0.2, 0.25) is 0 Å². The molecule has 0 unspecified atom stereocenters. The Morgan fingerprint density at radius 3 is 2.30 bits per heavy atom. The van der Waals surface area contributed by atoms with Crippen LogP contribution in [-0.2, 0) is 16.1 Å². The third-order valence-electron chi connectivity index (χ3n) is 3.43. The van der Waals surface area contributed by atoms with Crippen LogP contribution in [0.25, 0.3) is 0 Å². The molecule has 20 heavy (non-hydrogen) atoms. The normalized spacial score (nSPS) is 21.8. The lowest BCUT2D eigenvalue weighted by Crippen LogP contribution is -2.14. The molecule has 2 atom stereocenters. The summed E-state index contributed by atoms with van der Waals surface area (Å²) >= 11 is 0. The molecule has 1 aliphatic rings. The van der Waals surface area contributed by atoms with E-state index in [1.54, 1.807) is 0 Å². The molecule has 0 spiro atoms. The van der Waals surface area contributed by atoms with E-state index in [0.29, 0.717) is 6.61 Å². The summed E-state index contributed by atoms with van der Waals surface area (Å²) in [5, 5.41) is 0. The van der Waals surface area contributed by atoms with Gasteiger partial charge >= 0.3 is 0 Å². The van der Waals surface area contributed by atoms with Gasteiger partial charge in [0.1, 0.15) is 6.10 Å². The lowest BCUT2D eigenvalue weighted by Gasteiger charge is -2.16. The highest BCUT2D eigenvalue weighted by atomic mass is 16.7. The van der Waals surface area contributed by atoms with Gasteiger partial charge in [-0.1, -0.05) is 60.7 Å². The van der Waals surface area contributed by atoms with Crippen LogP contribution in [0, 0.1) is 0 Å². The van der Waals surface area contributed by atoms with Gasteiger partial charge in [-0.15, -0.1) is 0 Å². The fraction of sp³-hybridized carbons (Fsp3) is 0.222. The molecule has 0 saturated heterocycles.